The summed E-state index contributed by atoms with van der Waals surface area (Å²) >= 11 is 0. The number of nitrogens with one attached hydrogen (secondary N) is 1. The summed E-state index contributed by atoms with van der Waals surface area (Å²) in [4.78, 5) is 21.0. The van der Waals surface area contributed by atoms with Gasteiger partial charge in [-0.05, 0) is 12.1 Å². The Kier molecular flexibility index (Phi) is 4.56. The molecule has 0 radical (unpaired) electrons. The molecule has 0 saturated carbocycles. The number of hydrogen-bond acceptors (Lipinski definition) is 7. The third kappa shape index (κ3) is 3.00. The average molecular weight is 381 g/mol. The number of nitrogens with zero attached hydrogens (tertiary/aromatic N) is 4. The fourth-order valence-corrected chi connectivity index (χ4v) is 3.11. The maximum atomic E-state index is 12.0. The molecule has 144 valence electrons. The van der Waals surface area contributed by atoms with Crippen molar-refractivity contribution in [1.82, 2.24) is 25.1 Å². The summed E-state index contributed by atoms with van der Waals surface area (Å²) in [6.45, 7) is 1.18. The van der Waals surface area contributed by atoms with Crippen molar-refractivity contribution in [2.45, 2.75) is 6.54 Å². The highest BCUT2D eigenvalue weighted by Gasteiger charge is 2.22. The number of hydrogen-bond donors (Lipinski definition) is 1. The Hall–Kier alpha value is -3.62. The summed E-state index contributed by atoms with van der Waals surface area (Å²) in [5.41, 5.74) is 2.32. The zero-order valence-corrected chi connectivity index (χ0v) is 15.7. The van der Waals surface area contributed by atoms with Crippen LogP contribution >= 0.6 is 0 Å². The van der Waals surface area contributed by atoms with Gasteiger partial charge in [-0.15, -0.1) is 0 Å². The average Bonchev–Trinajstić information content (AvgIpc) is 3.18. The third-order valence-electron chi connectivity index (χ3n) is 4.48. The molecule has 0 saturated heterocycles. The van der Waals surface area contributed by atoms with E-state index in [2.05, 4.69) is 20.4 Å². The third-order valence-corrected chi connectivity index (χ3v) is 4.48. The molecular weight excluding hydrogens is 362 g/mol. The largest absolute Gasteiger partial charge is 0.496 e. The minimum Gasteiger partial charge on any atom is -0.496 e. The van der Waals surface area contributed by atoms with E-state index in [-0.39, 0.29) is 5.91 Å². The Morgan fingerprint density at radius 1 is 1.04 bits per heavy atom. The van der Waals surface area contributed by atoms with E-state index >= 15 is 0 Å². The Labute approximate surface area is 161 Å². The Morgan fingerprint density at radius 3 is 2.43 bits per heavy atom. The maximum absolute atomic E-state index is 12.0. The second kappa shape index (κ2) is 7.18. The lowest BCUT2D eigenvalue weighted by atomic mass is 10.1. The summed E-state index contributed by atoms with van der Waals surface area (Å²) in [6, 6.07) is 6.96. The highest BCUT2D eigenvalue weighted by atomic mass is 16.5. The van der Waals surface area contributed by atoms with Crippen molar-refractivity contribution in [1.29, 1.82) is 0 Å². The molecule has 1 aliphatic rings. The zero-order valence-electron chi connectivity index (χ0n) is 15.7. The van der Waals surface area contributed by atoms with Gasteiger partial charge >= 0.3 is 0 Å². The molecule has 1 aromatic carbocycles. The van der Waals surface area contributed by atoms with Gasteiger partial charge in [-0.25, -0.2) is 9.97 Å². The van der Waals surface area contributed by atoms with E-state index in [1.807, 2.05) is 0 Å². The minimum absolute atomic E-state index is 0.141. The minimum atomic E-state index is -0.141. The lowest BCUT2D eigenvalue weighted by Crippen LogP contribution is -2.35. The number of benzene rings is 1. The summed E-state index contributed by atoms with van der Waals surface area (Å²) in [5.74, 6) is 1.93. The lowest BCUT2D eigenvalue weighted by molar-refractivity contribution is 0.0924. The van der Waals surface area contributed by atoms with Crippen LogP contribution in [-0.4, -0.2) is 53.5 Å². The van der Waals surface area contributed by atoms with Gasteiger partial charge in [-0.2, -0.15) is 5.10 Å². The summed E-state index contributed by atoms with van der Waals surface area (Å²) in [6.07, 6.45) is 1.64. The highest BCUT2D eigenvalue weighted by Crippen LogP contribution is 2.40. The number of aromatic nitrogens is 4. The molecule has 0 atom stereocenters. The molecule has 0 bridgehead atoms. The number of carbonyl (C=O) groups is 1. The zero-order chi connectivity index (χ0) is 19.7. The van der Waals surface area contributed by atoms with Crippen LogP contribution in [0.3, 0.4) is 0 Å². The standard InChI is InChI=1S/C19H19N5O4/c1-26-11-8-15(27-2)17(16(9-11)28-3)18-20-5-4-12(22-18)13-10-14-19(25)21-6-7-24(14)23-13/h4-5,8-10H,6-7H2,1-3H3,(H,21,25). The second-order valence-electron chi connectivity index (χ2n) is 6.07. The molecule has 1 aliphatic heterocycles. The summed E-state index contributed by atoms with van der Waals surface area (Å²) in [5, 5.41) is 7.31. The van der Waals surface area contributed by atoms with Gasteiger partial charge in [0, 0.05) is 24.9 Å². The van der Waals surface area contributed by atoms with Crippen molar-refractivity contribution in [3.8, 4) is 40.0 Å². The van der Waals surface area contributed by atoms with Crippen LogP contribution in [0.5, 0.6) is 17.2 Å². The van der Waals surface area contributed by atoms with Gasteiger partial charge in [0.2, 0.25) is 0 Å². The normalized spacial score (nSPS) is 12.9. The molecule has 0 unspecified atom stereocenters. The highest BCUT2D eigenvalue weighted by molar-refractivity contribution is 5.94. The molecule has 3 heterocycles. The van der Waals surface area contributed by atoms with Gasteiger partial charge in [0.25, 0.3) is 5.91 Å². The van der Waals surface area contributed by atoms with Crippen LogP contribution in [-0.2, 0) is 6.54 Å². The maximum Gasteiger partial charge on any atom is 0.269 e. The van der Waals surface area contributed by atoms with E-state index in [0.29, 0.717) is 58.8 Å². The summed E-state index contributed by atoms with van der Waals surface area (Å²) in [7, 11) is 4.69. The van der Waals surface area contributed by atoms with Crippen LogP contribution < -0.4 is 19.5 Å². The Bertz CT molecular complexity index is 1020. The van der Waals surface area contributed by atoms with Gasteiger partial charge in [-0.3, -0.25) is 9.48 Å². The van der Waals surface area contributed by atoms with Crippen molar-refractivity contribution < 1.29 is 19.0 Å². The van der Waals surface area contributed by atoms with Gasteiger partial charge in [-0.1, -0.05) is 0 Å². The van der Waals surface area contributed by atoms with E-state index in [1.165, 1.54) is 0 Å². The van der Waals surface area contributed by atoms with Crippen LogP contribution in [0.15, 0.2) is 30.5 Å². The van der Waals surface area contributed by atoms with Gasteiger partial charge in [0.15, 0.2) is 5.82 Å². The fraction of sp³-hybridized carbons (Fsp3) is 0.263. The van der Waals surface area contributed by atoms with Crippen molar-refractivity contribution in [3.05, 3.63) is 36.2 Å². The smallest absolute Gasteiger partial charge is 0.269 e. The van der Waals surface area contributed by atoms with Crippen molar-refractivity contribution in [2.75, 3.05) is 27.9 Å². The van der Waals surface area contributed by atoms with E-state index < -0.39 is 0 Å². The topological polar surface area (TPSA) is 100 Å². The number of ether oxygens (including phenoxy) is 3. The number of amides is 1. The second-order valence-corrected chi connectivity index (χ2v) is 6.07. The van der Waals surface area contributed by atoms with Crippen LogP contribution in [0.1, 0.15) is 10.5 Å². The Balaban J connectivity index is 1.81. The summed E-state index contributed by atoms with van der Waals surface area (Å²) < 4.78 is 18.0. The Morgan fingerprint density at radius 2 is 1.79 bits per heavy atom. The number of carbonyl (C=O) groups excluding carboxylic acids is 1. The number of rotatable bonds is 5. The molecule has 9 nitrogen and oxygen atoms in total. The SMILES string of the molecule is COc1cc(OC)c(-c2nccc(-c3cc4n(n3)CCNC4=O)n2)c(OC)c1. The van der Waals surface area contributed by atoms with Crippen LogP contribution in [0.4, 0.5) is 0 Å². The molecule has 1 N–H and O–H groups in total. The van der Waals surface area contributed by atoms with Crippen LogP contribution in [0, 0.1) is 0 Å². The van der Waals surface area contributed by atoms with Crippen molar-refractivity contribution >= 4 is 5.91 Å². The molecule has 0 aliphatic carbocycles. The van der Waals surface area contributed by atoms with Gasteiger partial charge in [0.1, 0.15) is 34.2 Å². The van der Waals surface area contributed by atoms with Crippen LogP contribution in [0.2, 0.25) is 0 Å². The number of fused-ring (bicyclic) bond motifs is 1. The first-order valence-electron chi connectivity index (χ1n) is 8.64. The molecule has 2 aromatic heterocycles. The fourth-order valence-electron chi connectivity index (χ4n) is 3.11. The molecule has 1 amide bonds. The first-order valence-corrected chi connectivity index (χ1v) is 8.64. The van der Waals surface area contributed by atoms with E-state index in [1.54, 1.807) is 56.5 Å². The molecule has 0 fully saturated rings. The molecule has 4 rings (SSSR count). The van der Waals surface area contributed by atoms with E-state index in [9.17, 15) is 4.79 Å². The van der Waals surface area contributed by atoms with E-state index in [0.717, 1.165) is 0 Å². The molecule has 28 heavy (non-hydrogen) atoms. The first-order chi connectivity index (χ1) is 13.6. The van der Waals surface area contributed by atoms with Gasteiger partial charge in [0.05, 0.1) is 33.6 Å². The van der Waals surface area contributed by atoms with Gasteiger partial charge < -0.3 is 19.5 Å². The molecular formula is C19H19N5O4. The predicted molar refractivity (Wildman–Crippen MR) is 101 cm³/mol. The molecule has 3 aromatic rings. The quantitative estimate of drug-likeness (QED) is 0.719. The van der Waals surface area contributed by atoms with Crippen molar-refractivity contribution in [3.63, 3.8) is 0 Å². The monoisotopic (exact) mass is 381 g/mol. The van der Waals surface area contributed by atoms with Crippen LogP contribution in [0.25, 0.3) is 22.8 Å². The predicted octanol–water partition coefficient (Wildman–Crippen LogP) is 1.78. The first kappa shape index (κ1) is 17.8. The molecule has 0 spiro atoms. The number of methoxy groups -OCH3 is 3. The van der Waals surface area contributed by atoms with E-state index in [4.69, 9.17) is 14.2 Å². The lowest BCUT2D eigenvalue weighted by Gasteiger charge is -2.14. The molecule has 9 heteroatoms. The van der Waals surface area contributed by atoms with Crippen molar-refractivity contribution in [2.24, 2.45) is 0 Å².